The third kappa shape index (κ3) is 2.49. The van der Waals surface area contributed by atoms with E-state index < -0.39 is 0 Å². The highest BCUT2D eigenvalue weighted by molar-refractivity contribution is 7.22. The Kier molecular flexibility index (Phi) is 3.59. The number of hydrogen-bond donors (Lipinski definition) is 1. The van der Waals surface area contributed by atoms with Crippen molar-refractivity contribution >= 4 is 55.6 Å². The monoisotopic (exact) mass is 322 g/mol. The molecule has 0 radical (unpaired) electrons. The SMILES string of the molecule is Cc1ccc2sc(Nc3c(Cl)ccc(C)c3Cl)nc2c1. The molecule has 0 spiro atoms. The molecule has 0 bridgehead atoms. The second-order valence-electron chi connectivity index (χ2n) is 4.67. The fraction of sp³-hybridized carbons (Fsp3) is 0.133. The van der Waals surface area contributed by atoms with E-state index in [2.05, 4.69) is 35.4 Å². The molecular formula is C15H12Cl2N2S. The van der Waals surface area contributed by atoms with Crippen LogP contribution in [0.1, 0.15) is 11.1 Å². The molecule has 1 aromatic heterocycles. The van der Waals surface area contributed by atoms with Gasteiger partial charge in [0.1, 0.15) is 0 Å². The summed E-state index contributed by atoms with van der Waals surface area (Å²) in [5.41, 5.74) is 3.87. The molecule has 3 aromatic rings. The average molecular weight is 323 g/mol. The van der Waals surface area contributed by atoms with Crippen LogP contribution in [0.15, 0.2) is 30.3 Å². The summed E-state index contributed by atoms with van der Waals surface area (Å²) in [6.07, 6.45) is 0. The zero-order chi connectivity index (χ0) is 14.3. The molecule has 102 valence electrons. The quantitative estimate of drug-likeness (QED) is 0.629. The van der Waals surface area contributed by atoms with Crippen LogP contribution in [0.4, 0.5) is 10.8 Å². The van der Waals surface area contributed by atoms with Gasteiger partial charge in [0.15, 0.2) is 5.13 Å². The van der Waals surface area contributed by atoms with Crippen molar-refractivity contribution in [3.63, 3.8) is 0 Å². The average Bonchev–Trinajstić information content (AvgIpc) is 2.81. The van der Waals surface area contributed by atoms with E-state index in [-0.39, 0.29) is 0 Å². The lowest BCUT2D eigenvalue weighted by Crippen LogP contribution is -1.93. The molecule has 3 rings (SSSR count). The van der Waals surface area contributed by atoms with Crippen LogP contribution in [0.5, 0.6) is 0 Å². The number of thiazole rings is 1. The van der Waals surface area contributed by atoms with Gasteiger partial charge in [0.05, 0.1) is 25.9 Å². The van der Waals surface area contributed by atoms with Crippen molar-refractivity contribution in [2.45, 2.75) is 13.8 Å². The number of halogens is 2. The molecule has 2 aromatic carbocycles. The van der Waals surface area contributed by atoms with Crippen LogP contribution in [0, 0.1) is 13.8 Å². The van der Waals surface area contributed by atoms with Crippen molar-refractivity contribution in [2.75, 3.05) is 5.32 Å². The number of benzene rings is 2. The predicted octanol–water partition coefficient (Wildman–Crippen LogP) is 5.96. The maximum absolute atomic E-state index is 6.30. The van der Waals surface area contributed by atoms with Crippen molar-refractivity contribution in [3.05, 3.63) is 51.5 Å². The normalized spacial score (nSPS) is 11.0. The highest BCUT2D eigenvalue weighted by Crippen LogP contribution is 2.37. The van der Waals surface area contributed by atoms with E-state index in [0.717, 1.165) is 20.9 Å². The van der Waals surface area contributed by atoms with E-state index in [1.54, 1.807) is 11.3 Å². The summed E-state index contributed by atoms with van der Waals surface area (Å²) in [6, 6.07) is 9.96. The maximum Gasteiger partial charge on any atom is 0.188 e. The first kappa shape index (κ1) is 13.7. The first-order chi connectivity index (χ1) is 9.54. The molecule has 0 unspecified atom stereocenters. The lowest BCUT2D eigenvalue weighted by molar-refractivity contribution is 1.40. The fourth-order valence-electron chi connectivity index (χ4n) is 1.97. The third-order valence-electron chi connectivity index (χ3n) is 3.06. The summed E-state index contributed by atoms with van der Waals surface area (Å²) in [4.78, 5) is 4.57. The Morgan fingerprint density at radius 1 is 1.10 bits per heavy atom. The van der Waals surface area contributed by atoms with Crippen molar-refractivity contribution in [3.8, 4) is 0 Å². The van der Waals surface area contributed by atoms with Gasteiger partial charge in [0, 0.05) is 0 Å². The van der Waals surface area contributed by atoms with E-state index in [1.807, 2.05) is 19.1 Å². The van der Waals surface area contributed by atoms with Crippen LogP contribution in [-0.4, -0.2) is 4.98 Å². The van der Waals surface area contributed by atoms with Gasteiger partial charge in [-0.15, -0.1) is 0 Å². The van der Waals surface area contributed by atoms with Crippen molar-refractivity contribution in [1.82, 2.24) is 4.98 Å². The molecule has 5 heteroatoms. The van der Waals surface area contributed by atoms with Gasteiger partial charge in [-0.1, -0.05) is 46.7 Å². The molecule has 0 aliphatic rings. The van der Waals surface area contributed by atoms with Crippen LogP contribution in [0.25, 0.3) is 10.2 Å². The highest BCUT2D eigenvalue weighted by Gasteiger charge is 2.11. The predicted molar refractivity (Wildman–Crippen MR) is 88.8 cm³/mol. The highest BCUT2D eigenvalue weighted by atomic mass is 35.5. The molecule has 0 fully saturated rings. The number of nitrogens with zero attached hydrogens (tertiary/aromatic N) is 1. The van der Waals surface area contributed by atoms with Crippen molar-refractivity contribution < 1.29 is 0 Å². The number of fused-ring (bicyclic) bond motifs is 1. The number of rotatable bonds is 2. The Balaban J connectivity index is 2.03. The lowest BCUT2D eigenvalue weighted by atomic mass is 10.2. The largest absolute Gasteiger partial charge is 0.329 e. The lowest BCUT2D eigenvalue weighted by Gasteiger charge is -2.09. The summed E-state index contributed by atoms with van der Waals surface area (Å²) < 4.78 is 1.14. The Labute approximate surface area is 131 Å². The standard InChI is InChI=1S/C15H12Cl2N2S/c1-8-3-6-12-11(7-8)18-15(20-12)19-14-10(16)5-4-9(2)13(14)17/h3-7H,1-2H3,(H,18,19). The molecule has 1 heterocycles. The number of anilines is 2. The Bertz CT molecular complexity index is 796. The number of hydrogen-bond acceptors (Lipinski definition) is 3. The van der Waals surface area contributed by atoms with Crippen molar-refractivity contribution in [1.29, 1.82) is 0 Å². The minimum Gasteiger partial charge on any atom is -0.329 e. The van der Waals surface area contributed by atoms with Gasteiger partial charge in [-0.05, 0) is 43.2 Å². The van der Waals surface area contributed by atoms with E-state index in [1.165, 1.54) is 5.56 Å². The summed E-state index contributed by atoms with van der Waals surface area (Å²) in [6.45, 7) is 4.01. The molecule has 0 saturated carbocycles. The van der Waals surface area contributed by atoms with Crippen LogP contribution >= 0.6 is 34.5 Å². The Hall–Kier alpha value is -1.29. The van der Waals surface area contributed by atoms with E-state index in [4.69, 9.17) is 23.2 Å². The molecule has 1 N–H and O–H groups in total. The molecule has 0 aliphatic heterocycles. The van der Waals surface area contributed by atoms with Gasteiger partial charge in [-0.2, -0.15) is 0 Å². The Morgan fingerprint density at radius 2 is 1.90 bits per heavy atom. The number of aromatic nitrogens is 1. The summed E-state index contributed by atoms with van der Waals surface area (Å²) in [5.74, 6) is 0. The molecule has 0 aliphatic carbocycles. The summed E-state index contributed by atoms with van der Waals surface area (Å²) in [5, 5.41) is 5.25. The van der Waals surface area contributed by atoms with Crippen LogP contribution in [-0.2, 0) is 0 Å². The molecular weight excluding hydrogens is 311 g/mol. The van der Waals surface area contributed by atoms with Crippen molar-refractivity contribution in [2.24, 2.45) is 0 Å². The summed E-state index contributed by atoms with van der Waals surface area (Å²) >= 11 is 14.1. The van der Waals surface area contributed by atoms with E-state index in [9.17, 15) is 0 Å². The van der Waals surface area contributed by atoms with Gasteiger partial charge in [0.2, 0.25) is 0 Å². The first-order valence-corrected chi connectivity index (χ1v) is 7.70. The van der Waals surface area contributed by atoms with Crippen LogP contribution in [0.3, 0.4) is 0 Å². The molecule has 0 amide bonds. The third-order valence-corrected chi connectivity index (χ3v) is 4.81. The molecule has 2 nitrogen and oxygen atoms in total. The first-order valence-electron chi connectivity index (χ1n) is 6.13. The van der Waals surface area contributed by atoms with E-state index in [0.29, 0.717) is 15.7 Å². The number of aryl methyl sites for hydroxylation is 2. The second kappa shape index (κ2) is 5.24. The van der Waals surface area contributed by atoms with Crippen LogP contribution in [0.2, 0.25) is 10.0 Å². The van der Waals surface area contributed by atoms with E-state index >= 15 is 0 Å². The second-order valence-corrected chi connectivity index (χ2v) is 6.48. The van der Waals surface area contributed by atoms with Gasteiger partial charge in [-0.3, -0.25) is 0 Å². The fourth-order valence-corrected chi connectivity index (χ4v) is 3.28. The summed E-state index contributed by atoms with van der Waals surface area (Å²) in [7, 11) is 0. The zero-order valence-electron chi connectivity index (χ0n) is 11.0. The van der Waals surface area contributed by atoms with Gasteiger partial charge >= 0.3 is 0 Å². The van der Waals surface area contributed by atoms with Crippen LogP contribution < -0.4 is 5.32 Å². The Morgan fingerprint density at radius 3 is 2.70 bits per heavy atom. The molecule has 20 heavy (non-hydrogen) atoms. The van der Waals surface area contributed by atoms with Gasteiger partial charge in [0.25, 0.3) is 0 Å². The maximum atomic E-state index is 6.30. The number of nitrogens with one attached hydrogen (secondary N) is 1. The smallest absolute Gasteiger partial charge is 0.188 e. The minimum absolute atomic E-state index is 0.594. The van der Waals surface area contributed by atoms with Gasteiger partial charge in [-0.25, -0.2) is 4.98 Å². The van der Waals surface area contributed by atoms with Gasteiger partial charge < -0.3 is 5.32 Å². The zero-order valence-corrected chi connectivity index (χ0v) is 13.3. The molecule has 0 atom stereocenters. The minimum atomic E-state index is 0.594. The molecule has 0 saturated heterocycles. The topological polar surface area (TPSA) is 24.9 Å².